The Morgan fingerprint density at radius 1 is 1.10 bits per heavy atom. The molecule has 2 N–H and O–H groups in total. The fraction of sp³-hybridized carbons (Fsp3) is 0.290. The van der Waals surface area contributed by atoms with Crippen molar-refractivity contribution in [3.8, 4) is 5.75 Å². The van der Waals surface area contributed by atoms with Crippen LogP contribution in [-0.2, 0) is 28.2 Å². The van der Waals surface area contributed by atoms with E-state index in [1.807, 2.05) is 4.72 Å². The summed E-state index contributed by atoms with van der Waals surface area (Å²) in [5.41, 5.74) is 0.216. The summed E-state index contributed by atoms with van der Waals surface area (Å²) in [6.07, 6.45) is -19.1. The molecule has 2 amide bonds. The van der Waals surface area contributed by atoms with Gasteiger partial charge in [-0.2, -0.15) is 0 Å². The van der Waals surface area contributed by atoms with E-state index in [1.54, 1.807) is 6.07 Å². The van der Waals surface area contributed by atoms with Crippen molar-refractivity contribution in [2.45, 2.75) is 49.8 Å². The summed E-state index contributed by atoms with van der Waals surface area (Å²) in [6.45, 7) is -1.25. The van der Waals surface area contributed by atoms with E-state index in [9.17, 15) is 18.0 Å². The van der Waals surface area contributed by atoms with Crippen molar-refractivity contribution in [2.75, 3.05) is 12.4 Å². The minimum absolute atomic E-state index is 0.0661. The van der Waals surface area contributed by atoms with Crippen molar-refractivity contribution in [3.63, 3.8) is 0 Å². The molecule has 9 nitrogen and oxygen atoms in total. The number of hydrogen-bond donors (Lipinski definition) is 2. The minimum atomic E-state index is -4.35. The number of carbonyl (C=O) groups is 2. The third kappa shape index (κ3) is 6.22. The van der Waals surface area contributed by atoms with Crippen molar-refractivity contribution >= 4 is 38.6 Å². The maximum Gasteiger partial charge on any atom is 0.411 e. The number of nitrogens with one attached hydrogen (secondary N) is 2. The molecular weight excluding hydrogens is 542 g/mol. The van der Waals surface area contributed by atoms with Crippen LogP contribution in [-0.4, -0.2) is 38.1 Å². The zero-order valence-corrected chi connectivity index (χ0v) is 22.2. The topological polar surface area (TPSA) is 116 Å². The van der Waals surface area contributed by atoms with Gasteiger partial charge in [-0.05, 0) is 85.5 Å². The highest BCUT2D eigenvalue weighted by molar-refractivity contribution is 7.90. The monoisotopic (exact) mass is 590 g/mol. The summed E-state index contributed by atoms with van der Waals surface area (Å²) < 4.78 is 158. The normalized spacial score (nSPS) is 25.4. The Morgan fingerprint density at radius 2 is 1.90 bits per heavy atom. The van der Waals surface area contributed by atoms with Crippen LogP contribution in [0.25, 0.3) is 10.9 Å². The van der Waals surface area contributed by atoms with Gasteiger partial charge in [0.1, 0.15) is 11.8 Å². The molecule has 1 aliphatic carbocycles. The first-order valence-electron chi connectivity index (χ1n) is 19.5. The van der Waals surface area contributed by atoms with Gasteiger partial charge < -0.3 is 14.0 Å². The lowest BCUT2D eigenvalue weighted by molar-refractivity contribution is 0.0980. The van der Waals surface area contributed by atoms with Crippen molar-refractivity contribution in [1.82, 2.24) is 9.29 Å². The average molecular weight is 591 g/mol. The van der Waals surface area contributed by atoms with Gasteiger partial charge in [-0.3, -0.25) is 10.1 Å². The van der Waals surface area contributed by atoms with Gasteiger partial charge in [0.25, 0.3) is 15.9 Å². The highest BCUT2D eigenvalue weighted by Gasteiger charge is 2.22. The Hall–Kier alpha value is -4.31. The minimum Gasteiger partial charge on any atom is -0.496 e. The number of anilines is 1. The van der Waals surface area contributed by atoms with Gasteiger partial charge in [0.2, 0.25) is 0 Å². The fourth-order valence-electron chi connectivity index (χ4n) is 4.25. The number of methoxy groups -OCH3 is 1. The van der Waals surface area contributed by atoms with Crippen molar-refractivity contribution < 1.29 is 48.0 Å². The standard InChI is InChI=1S/C31H33N3O6S/c1-20-8-4-7-11-29(20)41(37,38)33-30(35)22-13-12-21(28(17-22)39-3)16-23-19-34(2)27-15-14-24(18-26(23)27)32-31(36)40-25-9-5-6-10-25/h4,7-8,11-15,17-19,25H,5-6,9-10,16H2,1-3H3,(H,32,36)(H,33,35)/i2D3,3D3,5D2,6D2,9D2,10D2,25D. The van der Waals surface area contributed by atoms with E-state index in [-0.39, 0.29) is 50.3 Å². The van der Waals surface area contributed by atoms with Crippen molar-refractivity contribution in [1.29, 1.82) is 0 Å². The van der Waals surface area contributed by atoms with Gasteiger partial charge in [0.15, 0.2) is 0 Å². The molecule has 10 heteroatoms. The van der Waals surface area contributed by atoms with Crippen LogP contribution in [0.4, 0.5) is 10.5 Å². The number of aryl methyl sites for hydroxylation is 2. The molecule has 0 bridgehead atoms. The molecule has 0 atom stereocenters. The van der Waals surface area contributed by atoms with Crippen LogP contribution >= 0.6 is 0 Å². The van der Waals surface area contributed by atoms with Crippen molar-refractivity contribution in [3.05, 3.63) is 89.1 Å². The number of aromatic nitrogens is 1. The van der Waals surface area contributed by atoms with E-state index >= 15 is 0 Å². The Balaban J connectivity index is 1.50. The molecule has 4 aromatic rings. The summed E-state index contributed by atoms with van der Waals surface area (Å²) in [4.78, 5) is 26.0. The van der Waals surface area contributed by atoms with Crippen LogP contribution in [0.3, 0.4) is 0 Å². The summed E-state index contributed by atoms with van der Waals surface area (Å²) in [6, 6.07) is 13.0. The molecule has 1 fully saturated rings. The lowest BCUT2D eigenvalue weighted by Gasteiger charge is -2.13. The molecule has 214 valence electrons. The Morgan fingerprint density at radius 3 is 2.66 bits per heavy atom. The highest BCUT2D eigenvalue weighted by atomic mass is 32.2. The fourth-order valence-corrected chi connectivity index (χ4v) is 5.47. The average Bonchev–Trinajstić information content (AvgIpc) is 3.43. The van der Waals surface area contributed by atoms with Gasteiger partial charge in [0.05, 0.1) is 17.4 Å². The largest absolute Gasteiger partial charge is 0.496 e. The lowest BCUT2D eigenvalue weighted by atomic mass is 10.0. The van der Waals surface area contributed by atoms with E-state index in [0.29, 0.717) is 5.56 Å². The number of nitrogens with zero attached hydrogens (tertiary/aromatic N) is 1. The Kier molecular flexibility index (Phi) is 4.29. The molecule has 1 aliphatic rings. The summed E-state index contributed by atoms with van der Waals surface area (Å²) in [7, 11) is -7.42. The van der Waals surface area contributed by atoms with Crippen molar-refractivity contribution in [2.24, 2.45) is 6.98 Å². The van der Waals surface area contributed by atoms with Crippen LogP contribution in [0.1, 0.15) is 73.1 Å². The molecule has 0 saturated heterocycles. The number of benzene rings is 3. The molecule has 41 heavy (non-hydrogen) atoms. The molecule has 1 aromatic heterocycles. The maximum atomic E-state index is 13.1. The second kappa shape index (κ2) is 11.7. The molecule has 0 unspecified atom stereocenters. The molecule has 0 aliphatic heterocycles. The number of carbonyl (C=O) groups excluding carboxylic acids is 2. The molecule has 1 heterocycles. The smallest absolute Gasteiger partial charge is 0.411 e. The predicted molar refractivity (Wildman–Crippen MR) is 157 cm³/mol. The maximum absolute atomic E-state index is 13.1. The Bertz CT molecular complexity index is 2310. The quantitative estimate of drug-likeness (QED) is 0.272. The second-order valence-corrected chi connectivity index (χ2v) is 10.6. The third-order valence-corrected chi connectivity index (χ3v) is 7.66. The van der Waals surface area contributed by atoms with Gasteiger partial charge in [-0.1, -0.05) is 24.3 Å². The molecule has 0 spiro atoms. The third-order valence-electron chi connectivity index (χ3n) is 6.17. The van der Waals surface area contributed by atoms with Crippen LogP contribution < -0.4 is 14.8 Å². The van der Waals surface area contributed by atoms with Crippen LogP contribution in [0, 0.1) is 6.92 Å². The second-order valence-electron chi connectivity index (χ2n) is 8.90. The van der Waals surface area contributed by atoms with Crippen LogP contribution in [0.15, 0.2) is 71.8 Å². The predicted octanol–water partition coefficient (Wildman–Crippen LogP) is 5.70. The summed E-state index contributed by atoms with van der Waals surface area (Å²) in [5, 5.41) is 2.28. The number of rotatable bonds is 8. The lowest BCUT2D eigenvalue weighted by Crippen LogP contribution is -2.31. The molecule has 1 saturated carbocycles. The number of amides is 2. The van der Waals surface area contributed by atoms with E-state index in [4.69, 9.17) is 30.0 Å². The van der Waals surface area contributed by atoms with Gasteiger partial charge >= 0.3 is 6.09 Å². The van der Waals surface area contributed by atoms with E-state index < -0.39 is 67.6 Å². The first kappa shape index (κ1) is 15.1. The number of hydrogen-bond acceptors (Lipinski definition) is 6. The zero-order valence-electron chi connectivity index (χ0n) is 36.4. The summed E-state index contributed by atoms with van der Waals surface area (Å²) in [5.74, 6) is -1.50. The SMILES string of the molecule is [2H]C([2H])([2H])Oc1cc(C(=O)NS(=O)(=O)c2ccccc2C)ccc1Cc1cn(C([2H])([2H])[2H])c2ccc(NC(=O)OC3([2H])C([2H])([2H])C([2H])([2H])C([2H])([2H])C3([2H])[2H])cc12. The van der Waals surface area contributed by atoms with Crippen LogP contribution in [0.5, 0.6) is 5.75 Å². The first-order valence-corrected chi connectivity index (χ1v) is 13.5. The zero-order chi connectivity index (χ0) is 42.2. The number of fused-ring (bicyclic) bond motifs is 1. The van der Waals surface area contributed by atoms with Gasteiger partial charge in [-0.25, -0.2) is 17.9 Å². The highest BCUT2D eigenvalue weighted by Crippen LogP contribution is 2.30. The molecule has 5 rings (SSSR count). The number of ether oxygens (including phenoxy) is 2. The number of sulfonamides is 1. The van der Waals surface area contributed by atoms with Crippen LogP contribution in [0.2, 0.25) is 0 Å². The molecular formula is C31H33N3O6S. The first-order chi connectivity index (χ1) is 25.4. The van der Waals surface area contributed by atoms with E-state index in [2.05, 4.69) is 5.32 Å². The van der Waals surface area contributed by atoms with E-state index in [1.165, 1.54) is 61.7 Å². The van der Waals surface area contributed by atoms with Gasteiger partial charge in [-0.15, -0.1) is 0 Å². The van der Waals surface area contributed by atoms with E-state index in [0.717, 1.165) is 10.6 Å². The van der Waals surface area contributed by atoms with Gasteiger partial charge in [0, 0.05) is 56.8 Å². The Labute approximate surface area is 260 Å². The summed E-state index contributed by atoms with van der Waals surface area (Å²) >= 11 is 0. The molecule has 0 radical (unpaired) electrons. The molecule has 3 aromatic carbocycles.